The van der Waals surface area contributed by atoms with Crippen LogP contribution in [0.15, 0.2) is 84.9 Å². The van der Waals surface area contributed by atoms with Gasteiger partial charge in [-0.3, -0.25) is 9.13 Å². The molecule has 0 unspecified atom stereocenters. The number of aromatic amines is 3. The average Bonchev–Trinajstić information content (AvgIpc) is 3.63. The largest absolute Gasteiger partial charge is 0.366 e. The van der Waals surface area contributed by atoms with Gasteiger partial charge < -0.3 is 20.3 Å². The topological polar surface area (TPSA) is 107 Å². The average molecular weight is 457 g/mol. The minimum Gasteiger partial charge on any atom is -0.366 e. The van der Waals surface area contributed by atoms with Gasteiger partial charge in [-0.15, -0.1) is 0 Å². The maximum absolute atomic E-state index is 14.1. The highest BCUT2D eigenvalue weighted by atomic mass is 19.1. The SMILES string of the molecule is Fc1cccn1-c1cc[nH]c1/N=c1\ncnc(Nc2[nH]ccc2-n2cccc2F)c2c[nH]cc12. The Labute approximate surface area is 190 Å². The number of aromatic nitrogens is 7. The van der Waals surface area contributed by atoms with Crippen LogP contribution in [-0.4, -0.2) is 34.1 Å². The quantitative estimate of drug-likeness (QED) is 0.307. The number of hydrogen-bond donors (Lipinski definition) is 4. The summed E-state index contributed by atoms with van der Waals surface area (Å²) in [6.45, 7) is 0. The molecule has 6 aromatic heterocycles. The van der Waals surface area contributed by atoms with Gasteiger partial charge in [-0.25, -0.2) is 15.0 Å². The van der Waals surface area contributed by atoms with Crippen LogP contribution in [-0.2, 0) is 0 Å². The van der Waals surface area contributed by atoms with E-state index < -0.39 is 5.95 Å². The van der Waals surface area contributed by atoms with Gasteiger partial charge in [0, 0.05) is 48.0 Å². The number of H-pyrrole nitrogens is 3. The van der Waals surface area contributed by atoms with Gasteiger partial charge in [-0.1, -0.05) is 0 Å². The molecule has 0 aliphatic rings. The number of halogens is 2. The number of rotatable bonds is 5. The minimum atomic E-state index is -0.400. The molecule has 0 aromatic carbocycles. The monoisotopic (exact) mass is 457 g/mol. The molecule has 6 aromatic rings. The van der Waals surface area contributed by atoms with Gasteiger partial charge in [-0.2, -0.15) is 8.78 Å². The molecule has 6 heterocycles. The third-order valence-electron chi connectivity index (χ3n) is 5.42. The lowest BCUT2D eigenvalue weighted by atomic mass is 10.3. The first-order valence-corrected chi connectivity index (χ1v) is 10.3. The van der Waals surface area contributed by atoms with E-state index in [1.807, 2.05) is 0 Å². The number of anilines is 2. The molecule has 0 bridgehead atoms. The van der Waals surface area contributed by atoms with Crippen LogP contribution in [0.3, 0.4) is 0 Å². The highest BCUT2D eigenvalue weighted by Gasteiger charge is 2.13. The lowest BCUT2D eigenvalue weighted by molar-refractivity contribution is 0.560. The highest BCUT2D eigenvalue weighted by Crippen LogP contribution is 2.27. The molecule has 6 rings (SSSR count). The molecule has 0 aliphatic heterocycles. The fraction of sp³-hybridized carbons (Fsp3) is 0. The Balaban J connectivity index is 1.45. The standard InChI is InChI=1S/C23H17F2N9/c24-18-3-1-9-33(18)16-5-7-27-22(16)31-20-14-11-26-12-15(14)21(30-13-29-20)32-23-17(6-8-28-23)34-10-2-4-19(34)25/h1-13,26-28H,(H,29,30,31,32). The van der Waals surface area contributed by atoms with E-state index in [-0.39, 0.29) is 5.95 Å². The van der Waals surface area contributed by atoms with E-state index in [0.717, 1.165) is 0 Å². The molecule has 168 valence electrons. The third kappa shape index (κ3) is 3.26. The number of hydrogen-bond acceptors (Lipinski definition) is 4. The summed E-state index contributed by atoms with van der Waals surface area (Å²) >= 11 is 0. The van der Waals surface area contributed by atoms with Crippen LogP contribution in [0.1, 0.15) is 0 Å². The van der Waals surface area contributed by atoms with Gasteiger partial charge in [0.25, 0.3) is 0 Å². The van der Waals surface area contributed by atoms with Crippen LogP contribution in [0.4, 0.5) is 26.2 Å². The van der Waals surface area contributed by atoms with Gasteiger partial charge in [-0.05, 0) is 36.4 Å². The molecule has 0 spiro atoms. The molecule has 9 nitrogen and oxygen atoms in total. The number of nitrogens with one attached hydrogen (secondary N) is 4. The normalized spacial score (nSPS) is 12.0. The molecule has 0 saturated carbocycles. The van der Waals surface area contributed by atoms with Crippen molar-refractivity contribution in [2.45, 2.75) is 0 Å². The zero-order valence-corrected chi connectivity index (χ0v) is 17.5. The van der Waals surface area contributed by atoms with Gasteiger partial charge >= 0.3 is 0 Å². The summed E-state index contributed by atoms with van der Waals surface area (Å²) < 4.78 is 31.1. The molecule has 0 radical (unpaired) electrons. The van der Waals surface area contributed by atoms with Crippen LogP contribution in [0.5, 0.6) is 0 Å². The fourth-order valence-corrected chi connectivity index (χ4v) is 3.85. The zero-order valence-electron chi connectivity index (χ0n) is 17.5. The second kappa shape index (κ2) is 7.89. The van der Waals surface area contributed by atoms with Crippen molar-refractivity contribution >= 4 is 28.2 Å². The molecular formula is C23H17F2N9. The van der Waals surface area contributed by atoms with Crippen LogP contribution >= 0.6 is 0 Å². The molecule has 34 heavy (non-hydrogen) atoms. The van der Waals surface area contributed by atoms with Crippen LogP contribution in [0.25, 0.3) is 22.1 Å². The van der Waals surface area contributed by atoms with Crippen molar-refractivity contribution in [1.82, 2.24) is 34.1 Å². The van der Waals surface area contributed by atoms with E-state index in [0.29, 0.717) is 45.1 Å². The van der Waals surface area contributed by atoms with E-state index >= 15 is 0 Å². The van der Waals surface area contributed by atoms with Crippen LogP contribution in [0, 0.1) is 11.9 Å². The van der Waals surface area contributed by atoms with Gasteiger partial charge in [0.05, 0.1) is 11.4 Å². The summed E-state index contributed by atoms with van der Waals surface area (Å²) in [5.41, 5.74) is 1.54. The Morgan fingerprint density at radius 1 is 0.824 bits per heavy atom. The second-order valence-electron chi connectivity index (χ2n) is 7.42. The summed E-state index contributed by atoms with van der Waals surface area (Å²) in [5, 5.41) is 4.63. The van der Waals surface area contributed by atoms with Crippen LogP contribution in [0.2, 0.25) is 0 Å². The van der Waals surface area contributed by atoms with Gasteiger partial charge in [0.1, 0.15) is 18.0 Å². The zero-order chi connectivity index (χ0) is 23.1. The molecule has 4 N–H and O–H groups in total. The molecule has 0 aliphatic carbocycles. The summed E-state index contributed by atoms with van der Waals surface area (Å²) in [6, 6.07) is 9.50. The summed E-state index contributed by atoms with van der Waals surface area (Å²) in [6.07, 6.45) is 11.6. The summed E-state index contributed by atoms with van der Waals surface area (Å²) in [7, 11) is 0. The van der Waals surface area contributed by atoms with E-state index in [4.69, 9.17) is 0 Å². The van der Waals surface area contributed by atoms with Crippen molar-refractivity contribution in [2.75, 3.05) is 5.32 Å². The fourth-order valence-electron chi connectivity index (χ4n) is 3.85. The Bertz CT molecular complexity index is 1680. The first-order chi connectivity index (χ1) is 16.7. The molecule has 0 saturated heterocycles. The first kappa shape index (κ1) is 19.7. The lowest BCUT2D eigenvalue weighted by Crippen LogP contribution is -2.04. The Morgan fingerprint density at radius 2 is 1.53 bits per heavy atom. The third-order valence-corrected chi connectivity index (χ3v) is 5.42. The van der Waals surface area contributed by atoms with Crippen molar-refractivity contribution in [2.24, 2.45) is 4.99 Å². The van der Waals surface area contributed by atoms with Crippen molar-refractivity contribution < 1.29 is 8.78 Å². The first-order valence-electron chi connectivity index (χ1n) is 10.3. The maximum atomic E-state index is 14.1. The predicted molar refractivity (Wildman–Crippen MR) is 123 cm³/mol. The summed E-state index contributed by atoms with van der Waals surface area (Å²) in [5.74, 6) is 0.711. The smallest absolute Gasteiger partial charge is 0.198 e. The van der Waals surface area contributed by atoms with Crippen molar-refractivity contribution in [1.29, 1.82) is 0 Å². The lowest BCUT2D eigenvalue weighted by Gasteiger charge is -2.08. The Hall–Kier alpha value is -4.93. The van der Waals surface area contributed by atoms with Crippen molar-refractivity contribution in [3.63, 3.8) is 0 Å². The van der Waals surface area contributed by atoms with Gasteiger partial charge in [0.2, 0.25) is 0 Å². The molecular weight excluding hydrogens is 440 g/mol. The van der Waals surface area contributed by atoms with E-state index in [1.165, 1.54) is 27.6 Å². The second-order valence-corrected chi connectivity index (χ2v) is 7.42. The van der Waals surface area contributed by atoms with Gasteiger partial charge in [0.15, 0.2) is 23.2 Å². The predicted octanol–water partition coefficient (Wildman–Crippen LogP) is 4.45. The van der Waals surface area contributed by atoms with E-state index in [2.05, 4.69) is 35.2 Å². The molecule has 11 heteroatoms. The van der Waals surface area contributed by atoms with E-state index in [1.54, 1.807) is 61.4 Å². The van der Waals surface area contributed by atoms with Crippen molar-refractivity contribution in [3.8, 4) is 11.4 Å². The number of nitrogens with zero attached hydrogens (tertiary/aromatic N) is 5. The van der Waals surface area contributed by atoms with Crippen molar-refractivity contribution in [3.05, 3.63) is 97.3 Å². The minimum absolute atomic E-state index is 0.385. The maximum Gasteiger partial charge on any atom is 0.198 e. The van der Waals surface area contributed by atoms with E-state index in [9.17, 15) is 8.78 Å². The molecule has 0 amide bonds. The number of fused-ring (bicyclic) bond motifs is 1. The highest BCUT2D eigenvalue weighted by molar-refractivity contribution is 5.92. The Kier molecular flexibility index (Phi) is 4.58. The summed E-state index contributed by atoms with van der Waals surface area (Å²) in [4.78, 5) is 22.7. The molecule has 0 fully saturated rings. The molecule has 0 atom stereocenters. The van der Waals surface area contributed by atoms with Crippen LogP contribution < -0.4 is 10.8 Å². The Morgan fingerprint density at radius 3 is 2.29 bits per heavy atom.